The normalized spacial score (nSPS) is 22.9. The highest BCUT2D eigenvalue weighted by Crippen LogP contribution is 2.39. The van der Waals surface area contributed by atoms with Gasteiger partial charge in [0.25, 0.3) is 0 Å². The van der Waals surface area contributed by atoms with Crippen LogP contribution in [0.1, 0.15) is 40.5 Å². The van der Waals surface area contributed by atoms with E-state index < -0.39 is 0 Å². The predicted octanol–water partition coefficient (Wildman–Crippen LogP) is 3.70. The van der Waals surface area contributed by atoms with Crippen molar-refractivity contribution >= 4 is 5.69 Å². The van der Waals surface area contributed by atoms with Crippen LogP contribution >= 0.6 is 0 Å². The Hall–Kier alpha value is -1.42. The Morgan fingerprint density at radius 1 is 1.05 bits per heavy atom. The van der Waals surface area contributed by atoms with E-state index in [1.807, 2.05) is 35.3 Å². The summed E-state index contributed by atoms with van der Waals surface area (Å²) in [7, 11) is 0. The van der Waals surface area contributed by atoms with Crippen molar-refractivity contribution < 1.29 is 5.11 Å². The monoisotopic (exact) mass is 261 g/mol. The van der Waals surface area contributed by atoms with Gasteiger partial charge in [0.05, 0.1) is 22.9 Å². The minimum Gasteiger partial charge on any atom is -0.393 e. The number of benzene rings is 1. The van der Waals surface area contributed by atoms with E-state index in [0.717, 1.165) is 5.69 Å². The second kappa shape index (κ2) is 4.93. The van der Waals surface area contributed by atoms with Gasteiger partial charge in [0.15, 0.2) is 0 Å². The standard InChI is InChI=1S/C15H23N3O/c1-14(2)10-13(19)11-15(3,4)18(14)17-16-12-8-6-5-7-9-12/h5-9,13,19H,10-11H2,1-4H3. The maximum absolute atomic E-state index is 9.98. The fraction of sp³-hybridized carbons (Fsp3) is 0.600. The number of aliphatic hydroxyl groups excluding tert-OH is 1. The molecule has 1 aliphatic rings. The third kappa shape index (κ3) is 3.13. The van der Waals surface area contributed by atoms with Crippen molar-refractivity contribution in [3.8, 4) is 0 Å². The van der Waals surface area contributed by atoms with E-state index in [0.29, 0.717) is 12.8 Å². The first kappa shape index (κ1) is 14.0. The molecule has 4 heteroatoms. The second-order valence-electron chi connectivity index (χ2n) is 6.52. The van der Waals surface area contributed by atoms with Crippen LogP contribution in [-0.4, -0.2) is 27.3 Å². The van der Waals surface area contributed by atoms with E-state index in [9.17, 15) is 5.11 Å². The van der Waals surface area contributed by atoms with Gasteiger partial charge in [-0.1, -0.05) is 23.4 Å². The van der Waals surface area contributed by atoms with E-state index in [2.05, 4.69) is 38.0 Å². The average Bonchev–Trinajstić information content (AvgIpc) is 2.26. The van der Waals surface area contributed by atoms with Gasteiger partial charge >= 0.3 is 0 Å². The van der Waals surface area contributed by atoms with Gasteiger partial charge in [0.2, 0.25) is 0 Å². The van der Waals surface area contributed by atoms with Crippen LogP contribution in [0.2, 0.25) is 0 Å². The predicted molar refractivity (Wildman–Crippen MR) is 76.2 cm³/mol. The van der Waals surface area contributed by atoms with Gasteiger partial charge in [-0.25, -0.2) is 0 Å². The van der Waals surface area contributed by atoms with E-state index in [4.69, 9.17) is 0 Å². The highest BCUT2D eigenvalue weighted by Gasteiger charge is 2.45. The van der Waals surface area contributed by atoms with Crippen LogP contribution < -0.4 is 0 Å². The van der Waals surface area contributed by atoms with Gasteiger partial charge in [-0.2, -0.15) is 0 Å². The lowest BCUT2D eigenvalue weighted by atomic mass is 9.80. The highest BCUT2D eigenvalue weighted by molar-refractivity contribution is 5.34. The summed E-state index contributed by atoms with van der Waals surface area (Å²) in [6.07, 6.45) is 1.15. The molecule has 0 aliphatic carbocycles. The number of nitrogens with zero attached hydrogens (tertiary/aromatic N) is 3. The quantitative estimate of drug-likeness (QED) is 0.825. The topological polar surface area (TPSA) is 48.2 Å². The smallest absolute Gasteiger partial charge is 0.0874 e. The summed E-state index contributed by atoms with van der Waals surface area (Å²) in [5.74, 6) is 0. The number of aliphatic hydroxyl groups is 1. The van der Waals surface area contributed by atoms with Crippen LogP contribution in [0.25, 0.3) is 0 Å². The zero-order chi connectivity index (χ0) is 14.1. The minimum absolute atomic E-state index is 0.195. The van der Waals surface area contributed by atoms with Gasteiger partial charge in [-0.3, -0.25) is 5.01 Å². The van der Waals surface area contributed by atoms with Crippen molar-refractivity contribution in [3.63, 3.8) is 0 Å². The van der Waals surface area contributed by atoms with Crippen LogP contribution in [0.5, 0.6) is 0 Å². The molecule has 0 atom stereocenters. The molecule has 1 aromatic carbocycles. The Balaban J connectivity index is 2.24. The lowest BCUT2D eigenvalue weighted by Gasteiger charge is -2.51. The summed E-state index contributed by atoms with van der Waals surface area (Å²) >= 11 is 0. The molecule has 4 nitrogen and oxygen atoms in total. The molecule has 104 valence electrons. The summed E-state index contributed by atoms with van der Waals surface area (Å²) < 4.78 is 0. The van der Waals surface area contributed by atoms with Gasteiger partial charge in [0.1, 0.15) is 0 Å². The van der Waals surface area contributed by atoms with Crippen molar-refractivity contribution in [2.24, 2.45) is 10.3 Å². The molecule has 0 saturated carbocycles. The molecule has 0 bridgehead atoms. The molecule has 0 unspecified atom stereocenters. The Kier molecular flexibility index (Phi) is 3.63. The molecule has 0 radical (unpaired) electrons. The minimum atomic E-state index is -0.270. The number of hydrogen-bond donors (Lipinski definition) is 1. The van der Waals surface area contributed by atoms with Gasteiger partial charge in [-0.05, 0) is 52.7 Å². The maximum atomic E-state index is 9.98. The van der Waals surface area contributed by atoms with Crippen molar-refractivity contribution in [1.82, 2.24) is 5.01 Å². The highest BCUT2D eigenvalue weighted by atomic mass is 16.3. The molecule has 19 heavy (non-hydrogen) atoms. The molecular weight excluding hydrogens is 238 g/mol. The van der Waals surface area contributed by atoms with E-state index in [1.165, 1.54) is 0 Å². The molecule has 1 aromatic rings. The zero-order valence-corrected chi connectivity index (χ0v) is 12.2. The lowest BCUT2D eigenvalue weighted by Crippen LogP contribution is -2.59. The van der Waals surface area contributed by atoms with E-state index in [1.54, 1.807) is 0 Å². The molecule has 2 rings (SSSR count). The Morgan fingerprint density at radius 3 is 2.11 bits per heavy atom. The van der Waals surface area contributed by atoms with Crippen LogP contribution in [0.4, 0.5) is 5.69 Å². The SMILES string of the molecule is CC1(C)CC(O)CC(C)(C)N1N=Nc1ccccc1. The maximum Gasteiger partial charge on any atom is 0.0874 e. The first-order chi connectivity index (χ1) is 8.81. The summed E-state index contributed by atoms with van der Waals surface area (Å²) in [6.45, 7) is 8.39. The second-order valence-corrected chi connectivity index (χ2v) is 6.52. The number of rotatable bonds is 2. The Labute approximate surface area is 115 Å². The van der Waals surface area contributed by atoms with Gasteiger partial charge < -0.3 is 5.11 Å². The molecular formula is C15H23N3O. The summed E-state index contributed by atoms with van der Waals surface area (Å²) in [5, 5.41) is 20.8. The zero-order valence-electron chi connectivity index (χ0n) is 12.2. The molecule has 0 spiro atoms. The van der Waals surface area contributed by atoms with Crippen molar-refractivity contribution in [2.45, 2.75) is 57.7 Å². The van der Waals surface area contributed by atoms with Crippen LogP contribution in [-0.2, 0) is 0 Å². The van der Waals surface area contributed by atoms with E-state index in [-0.39, 0.29) is 17.2 Å². The summed E-state index contributed by atoms with van der Waals surface area (Å²) in [5.41, 5.74) is 0.457. The molecule has 0 aromatic heterocycles. The van der Waals surface area contributed by atoms with Crippen LogP contribution in [0.15, 0.2) is 40.7 Å². The first-order valence-corrected chi connectivity index (χ1v) is 6.76. The van der Waals surface area contributed by atoms with Crippen molar-refractivity contribution in [1.29, 1.82) is 0 Å². The number of hydrogen-bond acceptors (Lipinski definition) is 3. The number of piperidine rings is 1. The summed E-state index contributed by atoms with van der Waals surface area (Å²) in [6, 6.07) is 9.73. The Morgan fingerprint density at radius 2 is 1.58 bits per heavy atom. The molecule has 1 aliphatic heterocycles. The molecule has 1 saturated heterocycles. The third-order valence-electron chi connectivity index (χ3n) is 3.62. The Bertz CT molecular complexity index is 436. The first-order valence-electron chi connectivity index (χ1n) is 6.76. The van der Waals surface area contributed by atoms with Gasteiger partial charge in [-0.15, -0.1) is 5.11 Å². The van der Waals surface area contributed by atoms with Crippen molar-refractivity contribution in [3.05, 3.63) is 30.3 Å². The molecule has 0 amide bonds. The molecule has 1 N–H and O–H groups in total. The third-order valence-corrected chi connectivity index (χ3v) is 3.62. The largest absolute Gasteiger partial charge is 0.393 e. The van der Waals surface area contributed by atoms with Crippen molar-refractivity contribution in [2.75, 3.05) is 0 Å². The van der Waals surface area contributed by atoms with Crippen LogP contribution in [0.3, 0.4) is 0 Å². The van der Waals surface area contributed by atoms with E-state index >= 15 is 0 Å². The molecule has 1 heterocycles. The fourth-order valence-corrected chi connectivity index (χ4v) is 3.05. The summed E-state index contributed by atoms with van der Waals surface area (Å²) in [4.78, 5) is 0. The average molecular weight is 261 g/mol. The fourth-order valence-electron chi connectivity index (χ4n) is 3.05. The molecule has 1 fully saturated rings. The van der Waals surface area contributed by atoms with Gasteiger partial charge in [0, 0.05) is 0 Å². The van der Waals surface area contributed by atoms with Crippen LogP contribution in [0, 0.1) is 0 Å². The lowest BCUT2D eigenvalue weighted by molar-refractivity contribution is -0.0844.